The summed E-state index contributed by atoms with van der Waals surface area (Å²) in [4.78, 5) is 12.7. The Morgan fingerprint density at radius 2 is 1.55 bits per heavy atom. The maximum Gasteiger partial charge on any atom is 0.243 e. The number of rotatable bonds is 6. The Balaban J connectivity index is 1.90. The van der Waals surface area contributed by atoms with E-state index in [1.807, 2.05) is 60.7 Å². The Kier molecular flexibility index (Phi) is 6.39. The van der Waals surface area contributed by atoms with Crippen molar-refractivity contribution in [3.05, 3.63) is 71.8 Å². The third-order valence-corrected chi connectivity index (χ3v) is 10.5. The lowest BCUT2D eigenvalue weighted by Crippen LogP contribution is -2.44. The van der Waals surface area contributed by atoms with Crippen LogP contribution in [-0.4, -0.2) is 37.6 Å². The molecule has 1 heterocycles. The summed E-state index contributed by atoms with van der Waals surface area (Å²) in [5.41, 5.74) is 2.82. The zero-order chi connectivity index (χ0) is 21.1. The Labute approximate surface area is 175 Å². The maximum absolute atomic E-state index is 12.7. The molecule has 1 aliphatic rings. The minimum Gasteiger partial charge on any atom is -0.415 e. The molecule has 1 aliphatic heterocycles. The molecule has 2 aromatic carbocycles. The number of nitrogens with zero attached hydrogens (tertiary/aromatic N) is 2. The van der Waals surface area contributed by atoms with Crippen LogP contribution in [0.4, 0.5) is 0 Å². The summed E-state index contributed by atoms with van der Waals surface area (Å²) in [6.45, 7) is 11.7. The average molecular weight is 409 g/mol. The fraction of sp³-hybridized carbons (Fsp3) is 0.417. The van der Waals surface area contributed by atoms with Crippen LogP contribution in [0.2, 0.25) is 18.1 Å². The zero-order valence-corrected chi connectivity index (χ0v) is 19.2. The van der Waals surface area contributed by atoms with Gasteiger partial charge in [0, 0.05) is 17.5 Å². The highest BCUT2D eigenvalue weighted by Gasteiger charge is 2.40. The van der Waals surface area contributed by atoms with Gasteiger partial charge >= 0.3 is 0 Å². The van der Waals surface area contributed by atoms with Gasteiger partial charge in [-0.25, -0.2) is 5.01 Å². The van der Waals surface area contributed by atoms with E-state index >= 15 is 0 Å². The molecule has 154 valence electrons. The summed E-state index contributed by atoms with van der Waals surface area (Å²) >= 11 is 0. The molecular weight excluding hydrogens is 376 g/mol. The molecule has 0 aliphatic carbocycles. The maximum atomic E-state index is 12.7. The molecule has 0 aromatic heterocycles. The van der Waals surface area contributed by atoms with Crippen LogP contribution in [-0.2, 0) is 9.22 Å². The largest absolute Gasteiger partial charge is 0.415 e. The summed E-state index contributed by atoms with van der Waals surface area (Å²) in [6.07, 6.45) is 1.31. The van der Waals surface area contributed by atoms with Crippen LogP contribution < -0.4 is 0 Å². The highest BCUT2D eigenvalue weighted by molar-refractivity contribution is 6.74. The number of hydrogen-bond donors (Lipinski definition) is 0. The van der Waals surface area contributed by atoms with Crippen molar-refractivity contribution in [2.75, 3.05) is 6.61 Å². The van der Waals surface area contributed by atoms with Crippen molar-refractivity contribution in [2.24, 2.45) is 5.10 Å². The molecule has 1 fully saturated rings. The molecular formula is C24H32N2O2Si. The summed E-state index contributed by atoms with van der Waals surface area (Å²) in [7, 11) is -1.88. The molecule has 0 spiro atoms. The van der Waals surface area contributed by atoms with E-state index in [1.165, 1.54) is 0 Å². The van der Waals surface area contributed by atoms with E-state index in [2.05, 4.69) is 33.9 Å². The Hall–Kier alpha value is -2.24. The second-order valence-corrected chi connectivity index (χ2v) is 14.0. The third-order valence-electron chi connectivity index (χ3n) is 6.04. The SMILES string of the molecule is CC(C)(C)[Si](C)(C)OCC1CCC(=O)N1N=C(c1ccccc1)c1ccccc1. The molecule has 0 N–H and O–H groups in total. The average Bonchev–Trinajstić information content (AvgIpc) is 3.04. The molecule has 2 aromatic rings. The van der Waals surface area contributed by atoms with Crippen LogP contribution in [0.3, 0.4) is 0 Å². The van der Waals surface area contributed by atoms with Gasteiger partial charge in [0.05, 0.1) is 18.4 Å². The minimum absolute atomic E-state index is 0.0148. The van der Waals surface area contributed by atoms with Crippen molar-refractivity contribution in [1.82, 2.24) is 5.01 Å². The van der Waals surface area contributed by atoms with Gasteiger partial charge in [0.15, 0.2) is 8.32 Å². The van der Waals surface area contributed by atoms with Crippen LogP contribution in [0.25, 0.3) is 0 Å². The Morgan fingerprint density at radius 1 is 1.03 bits per heavy atom. The predicted molar refractivity (Wildman–Crippen MR) is 122 cm³/mol. The van der Waals surface area contributed by atoms with Crippen molar-refractivity contribution in [3.8, 4) is 0 Å². The second-order valence-electron chi connectivity index (χ2n) is 9.18. The molecule has 3 rings (SSSR count). The van der Waals surface area contributed by atoms with Gasteiger partial charge in [-0.3, -0.25) is 4.79 Å². The molecule has 1 amide bonds. The molecule has 1 saturated heterocycles. The van der Waals surface area contributed by atoms with Crippen LogP contribution in [0, 0.1) is 0 Å². The number of hydrazone groups is 1. The topological polar surface area (TPSA) is 41.9 Å². The van der Waals surface area contributed by atoms with E-state index < -0.39 is 8.32 Å². The molecule has 0 saturated carbocycles. The molecule has 1 unspecified atom stereocenters. The Morgan fingerprint density at radius 3 is 2.03 bits per heavy atom. The molecule has 0 radical (unpaired) electrons. The number of amides is 1. The van der Waals surface area contributed by atoms with E-state index in [4.69, 9.17) is 9.53 Å². The lowest BCUT2D eigenvalue weighted by Gasteiger charge is -2.37. The van der Waals surface area contributed by atoms with Gasteiger partial charge in [-0.2, -0.15) is 5.10 Å². The van der Waals surface area contributed by atoms with Crippen molar-refractivity contribution in [2.45, 2.75) is 57.8 Å². The standard InChI is InChI=1S/C24H32N2O2Si/c1-24(2,3)29(4,5)28-18-21-16-17-22(27)26(21)25-23(19-12-8-6-9-13-19)20-14-10-7-11-15-20/h6-15,21H,16-18H2,1-5H3. The Bertz CT molecular complexity index is 816. The van der Waals surface area contributed by atoms with Gasteiger partial charge in [0.25, 0.3) is 0 Å². The first-order chi connectivity index (χ1) is 13.7. The lowest BCUT2D eigenvalue weighted by atomic mass is 10.0. The summed E-state index contributed by atoms with van der Waals surface area (Å²) in [5.74, 6) is 0.0678. The van der Waals surface area contributed by atoms with Crippen molar-refractivity contribution >= 4 is 19.9 Å². The fourth-order valence-corrected chi connectivity index (χ4v) is 4.17. The quantitative estimate of drug-likeness (QED) is 0.471. The van der Waals surface area contributed by atoms with Crippen molar-refractivity contribution in [3.63, 3.8) is 0 Å². The van der Waals surface area contributed by atoms with Gasteiger partial charge in [-0.05, 0) is 24.6 Å². The fourth-order valence-electron chi connectivity index (χ4n) is 3.12. The van der Waals surface area contributed by atoms with Gasteiger partial charge in [-0.1, -0.05) is 81.4 Å². The van der Waals surface area contributed by atoms with Gasteiger partial charge in [-0.15, -0.1) is 0 Å². The lowest BCUT2D eigenvalue weighted by molar-refractivity contribution is -0.129. The summed E-state index contributed by atoms with van der Waals surface area (Å²) < 4.78 is 6.43. The molecule has 29 heavy (non-hydrogen) atoms. The first kappa shape index (κ1) is 21.5. The molecule has 0 bridgehead atoms. The second kappa shape index (κ2) is 8.64. The number of benzene rings is 2. The smallest absolute Gasteiger partial charge is 0.243 e. The van der Waals surface area contributed by atoms with Crippen LogP contribution >= 0.6 is 0 Å². The van der Waals surface area contributed by atoms with Crippen LogP contribution in [0.1, 0.15) is 44.7 Å². The minimum atomic E-state index is -1.88. The van der Waals surface area contributed by atoms with E-state index in [9.17, 15) is 4.79 Å². The normalized spacial score (nSPS) is 17.5. The number of carbonyl (C=O) groups is 1. The van der Waals surface area contributed by atoms with Crippen molar-refractivity contribution < 1.29 is 9.22 Å². The predicted octanol–water partition coefficient (Wildman–Crippen LogP) is 5.45. The van der Waals surface area contributed by atoms with Gasteiger partial charge in [0.1, 0.15) is 0 Å². The number of carbonyl (C=O) groups excluding carboxylic acids is 1. The van der Waals surface area contributed by atoms with E-state index in [0.29, 0.717) is 13.0 Å². The molecule has 5 heteroatoms. The highest BCUT2D eigenvalue weighted by Crippen LogP contribution is 2.37. The monoisotopic (exact) mass is 408 g/mol. The van der Waals surface area contributed by atoms with Gasteiger partial charge in [0.2, 0.25) is 5.91 Å². The zero-order valence-electron chi connectivity index (χ0n) is 18.2. The van der Waals surface area contributed by atoms with E-state index in [-0.39, 0.29) is 17.0 Å². The van der Waals surface area contributed by atoms with Crippen molar-refractivity contribution in [1.29, 1.82) is 0 Å². The number of hydrogen-bond acceptors (Lipinski definition) is 3. The first-order valence-electron chi connectivity index (χ1n) is 10.3. The van der Waals surface area contributed by atoms with E-state index in [0.717, 1.165) is 23.3 Å². The molecule has 4 nitrogen and oxygen atoms in total. The van der Waals surface area contributed by atoms with E-state index in [1.54, 1.807) is 5.01 Å². The summed E-state index contributed by atoms with van der Waals surface area (Å²) in [5, 5.41) is 6.69. The summed E-state index contributed by atoms with van der Waals surface area (Å²) in [6, 6.07) is 20.1. The third kappa shape index (κ3) is 5.03. The van der Waals surface area contributed by atoms with Gasteiger partial charge < -0.3 is 4.43 Å². The molecule has 1 atom stereocenters. The highest BCUT2D eigenvalue weighted by atomic mass is 28.4. The first-order valence-corrected chi connectivity index (χ1v) is 13.3. The van der Waals surface area contributed by atoms with Crippen LogP contribution in [0.15, 0.2) is 65.8 Å². The van der Waals surface area contributed by atoms with Crippen LogP contribution in [0.5, 0.6) is 0 Å².